The Morgan fingerprint density at radius 3 is 2.10 bits per heavy atom. The Morgan fingerprint density at radius 2 is 1.57 bits per heavy atom. The first-order valence-corrected chi connectivity index (χ1v) is 9.33. The van der Waals surface area contributed by atoms with Crippen LogP contribution in [0.2, 0.25) is 5.02 Å². The highest BCUT2D eigenvalue weighted by molar-refractivity contribution is 6.32. The quantitative estimate of drug-likeness (QED) is 0.366. The molecule has 0 aromatic heterocycles. The molecule has 0 fully saturated rings. The maximum atomic E-state index is 9.95. The highest BCUT2D eigenvalue weighted by Crippen LogP contribution is 2.36. The summed E-state index contributed by atoms with van der Waals surface area (Å²) in [4.78, 5) is 21.8. The number of aliphatic hydroxyl groups is 2. The van der Waals surface area contributed by atoms with Gasteiger partial charge in [0.2, 0.25) is 0 Å². The fourth-order valence-corrected chi connectivity index (χ4v) is 3.33. The van der Waals surface area contributed by atoms with Gasteiger partial charge in [-0.15, -0.1) is 0 Å². The van der Waals surface area contributed by atoms with Gasteiger partial charge in [0.25, 0.3) is 11.5 Å². The van der Waals surface area contributed by atoms with Gasteiger partial charge in [-0.1, -0.05) is 41.9 Å². The van der Waals surface area contributed by atoms with Gasteiger partial charge in [-0.25, -0.2) is 9.59 Å². The predicted octanol–water partition coefficient (Wildman–Crippen LogP) is 3.15. The van der Waals surface area contributed by atoms with E-state index in [1.165, 1.54) is 16.7 Å². The van der Waals surface area contributed by atoms with Gasteiger partial charge in [0.05, 0.1) is 5.02 Å². The molecule has 1 aliphatic heterocycles. The van der Waals surface area contributed by atoms with Crippen LogP contribution in [-0.4, -0.2) is 62.5 Å². The average Bonchev–Trinajstić information content (AvgIpc) is 2.87. The lowest BCUT2D eigenvalue weighted by Gasteiger charge is -2.22. The van der Waals surface area contributed by atoms with Crippen molar-refractivity contribution in [1.29, 1.82) is 0 Å². The lowest BCUT2D eigenvalue weighted by atomic mass is 9.88. The van der Waals surface area contributed by atoms with Gasteiger partial charge < -0.3 is 30.4 Å². The second kappa shape index (κ2) is 10.00. The number of nitrogens with zero attached hydrogens (tertiary/aromatic N) is 1. The van der Waals surface area contributed by atoms with Crippen LogP contribution in [0.25, 0.3) is 0 Å². The van der Waals surface area contributed by atoms with Crippen LogP contribution in [0.5, 0.6) is 5.75 Å². The third-order valence-electron chi connectivity index (χ3n) is 4.67. The lowest BCUT2D eigenvalue weighted by molar-refractivity contribution is -0.140. The van der Waals surface area contributed by atoms with Gasteiger partial charge in [-0.2, -0.15) is 0 Å². The molecule has 0 radical (unpaired) electrons. The van der Waals surface area contributed by atoms with E-state index >= 15 is 0 Å². The molecule has 30 heavy (non-hydrogen) atoms. The van der Waals surface area contributed by atoms with E-state index in [4.69, 9.17) is 32.0 Å². The number of carboxylic acid groups (broad SMARTS) is 2. The minimum Gasteiger partial charge on any atom is -0.506 e. The van der Waals surface area contributed by atoms with Gasteiger partial charge in [0.15, 0.2) is 0 Å². The topological polar surface area (TPSA) is 139 Å². The van der Waals surface area contributed by atoms with E-state index in [1.54, 1.807) is 0 Å². The largest absolute Gasteiger partial charge is 0.506 e. The zero-order chi connectivity index (χ0) is 22.4. The highest BCUT2D eigenvalue weighted by atomic mass is 35.5. The first-order chi connectivity index (χ1) is 14.1. The van der Waals surface area contributed by atoms with Crippen LogP contribution in [0.4, 0.5) is 0 Å². The number of aliphatic carboxylic acids is 2. The fraction of sp³-hybridized carbons (Fsp3) is 0.238. The van der Waals surface area contributed by atoms with Crippen molar-refractivity contribution in [2.45, 2.75) is 12.3 Å². The van der Waals surface area contributed by atoms with Crippen molar-refractivity contribution in [1.82, 2.24) is 4.90 Å². The lowest BCUT2D eigenvalue weighted by Crippen LogP contribution is -2.24. The standard InChI is InChI=1S/C17H18ClNO.C4H4O6/c1-19-8-7-13-9-16(18)17(20)10-14(13)15(11-19)12-5-3-2-4-6-12;5-1(3(7)8)2(6)4(9)10/h2-6,9-10,15,20H,7-8,11H2,1H3;5-6H,(H,7,8)(H,9,10)/b;2-1-/t15-;/m1./s1. The fourth-order valence-electron chi connectivity index (χ4n) is 3.15. The molecule has 1 atom stereocenters. The molecule has 0 bridgehead atoms. The monoisotopic (exact) mass is 435 g/mol. The normalized spacial score (nSPS) is 16.9. The number of phenols is 1. The maximum Gasteiger partial charge on any atom is 0.375 e. The van der Waals surface area contributed by atoms with Crippen molar-refractivity contribution in [2.75, 3.05) is 20.1 Å². The Balaban J connectivity index is 0.000000274. The van der Waals surface area contributed by atoms with Crippen molar-refractivity contribution < 1.29 is 35.1 Å². The first-order valence-electron chi connectivity index (χ1n) is 8.95. The Kier molecular flexibility index (Phi) is 7.68. The van der Waals surface area contributed by atoms with E-state index in [9.17, 15) is 14.7 Å². The summed E-state index contributed by atoms with van der Waals surface area (Å²) >= 11 is 6.07. The summed E-state index contributed by atoms with van der Waals surface area (Å²) in [5.41, 5.74) is 3.72. The molecule has 1 aliphatic rings. The minimum absolute atomic E-state index is 0.177. The second-order valence-corrected chi connectivity index (χ2v) is 7.19. The van der Waals surface area contributed by atoms with Crippen LogP contribution in [0.3, 0.4) is 0 Å². The molecule has 8 nitrogen and oxygen atoms in total. The molecule has 1 heterocycles. The van der Waals surface area contributed by atoms with Crippen LogP contribution >= 0.6 is 11.6 Å². The minimum atomic E-state index is -1.89. The number of hydrogen-bond donors (Lipinski definition) is 5. The number of fused-ring (bicyclic) bond motifs is 1. The molecule has 3 rings (SSSR count). The van der Waals surface area contributed by atoms with Gasteiger partial charge >= 0.3 is 11.9 Å². The molecule has 0 amide bonds. The van der Waals surface area contributed by atoms with E-state index in [0.717, 1.165) is 19.5 Å². The molecule has 2 aromatic rings. The number of aromatic hydroxyl groups is 1. The van der Waals surface area contributed by atoms with Crippen LogP contribution in [-0.2, 0) is 16.0 Å². The molecule has 5 N–H and O–H groups in total. The van der Waals surface area contributed by atoms with Crippen molar-refractivity contribution in [3.63, 3.8) is 0 Å². The average molecular weight is 436 g/mol. The zero-order valence-corrected chi connectivity index (χ0v) is 16.9. The van der Waals surface area contributed by atoms with Crippen molar-refractivity contribution in [3.8, 4) is 5.75 Å². The smallest absolute Gasteiger partial charge is 0.375 e. The summed E-state index contributed by atoms with van der Waals surface area (Å²) in [5.74, 6) is -6.47. The molecule has 0 spiro atoms. The molecule has 0 saturated carbocycles. The van der Waals surface area contributed by atoms with Gasteiger partial charge in [-0.3, -0.25) is 0 Å². The van der Waals surface area contributed by atoms with Crippen LogP contribution in [0.15, 0.2) is 54.0 Å². The number of likely N-dealkylation sites (N-methyl/N-ethyl adjacent to an activating group) is 1. The SMILES string of the molecule is CN1CCc2cc(Cl)c(O)cc2[C@@H](c2ccccc2)C1.O=C(O)/C(O)=C(/O)C(=O)O. The third-order valence-corrected chi connectivity index (χ3v) is 4.98. The molecular weight excluding hydrogens is 414 g/mol. The number of phenolic OH excluding ortho intramolecular Hbond substituents is 1. The summed E-state index contributed by atoms with van der Waals surface area (Å²) in [6.07, 6.45) is 0.967. The third kappa shape index (κ3) is 5.65. The molecule has 0 aliphatic carbocycles. The van der Waals surface area contributed by atoms with Gasteiger partial charge in [0.1, 0.15) is 5.75 Å². The van der Waals surface area contributed by atoms with E-state index in [2.05, 4.69) is 36.2 Å². The van der Waals surface area contributed by atoms with E-state index in [1.807, 2.05) is 18.2 Å². The predicted molar refractivity (Wildman–Crippen MR) is 110 cm³/mol. The summed E-state index contributed by atoms with van der Waals surface area (Å²) in [6, 6.07) is 14.2. The Bertz CT molecular complexity index is 937. The molecule has 9 heteroatoms. The van der Waals surface area contributed by atoms with E-state index in [0.29, 0.717) is 5.02 Å². The molecular formula is C21H22ClNO7. The number of aliphatic hydroxyl groups excluding tert-OH is 2. The highest BCUT2D eigenvalue weighted by Gasteiger charge is 2.24. The van der Waals surface area contributed by atoms with Crippen molar-refractivity contribution in [2.24, 2.45) is 0 Å². The van der Waals surface area contributed by atoms with E-state index in [-0.39, 0.29) is 11.7 Å². The first kappa shape index (κ1) is 23.1. The molecule has 2 aromatic carbocycles. The summed E-state index contributed by atoms with van der Waals surface area (Å²) < 4.78 is 0. The number of halogens is 1. The summed E-state index contributed by atoms with van der Waals surface area (Å²) in [5, 5.41) is 42.6. The van der Waals surface area contributed by atoms with Crippen molar-refractivity contribution in [3.05, 3.63) is 75.7 Å². The van der Waals surface area contributed by atoms with Gasteiger partial charge in [0, 0.05) is 19.0 Å². The van der Waals surface area contributed by atoms with E-state index < -0.39 is 23.5 Å². The number of carbonyl (C=O) groups is 2. The summed E-state index contributed by atoms with van der Waals surface area (Å²) in [7, 11) is 2.14. The van der Waals surface area contributed by atoms with Crippen LogP contribution < -0.4 is 0 Å². The Labute approximate surface area is 177 Å². The summed E-state index contributed by atoms with van der Waals surface area (Å²) in [6.45, 7) is 1.97. The van der Waals surface area contributed by atoms with Crippen molar-refractivity contribution >= 4 is 23.5 Å². The number of hydrogen-bond acceptors (Lipinski definition) is 6. The zero-order valence-electron chi connectivity index (χ0n) is 16.1. The van der Waals surface area contributed by atoms with Crippen LogP contribution in [0.1, 0.15) is 22.6 Å². The molecule has 0 unspecified atom stereocenters. The van der Waals surface area contributed by atoms with Crippen LogP contribution in [0, 0.1) is 0 Å². The number of rotatable bonds is 3. The Morgan fingerprint density at radius 1 is 1.00 bits per heavy atom. The molecule has 0 saturated heterocycles. The van der Waals surface area contributed by atoms with Gasteiger partial charge in [-0.05, 0) is 42.3 Å². The number of carboxylic acids is 2. The maximum absolute atomic E-state index is 9.95. The molecule has 160 valence electrons. The number of benzene rings is 2. The second-order valence-electron chi connectivity index (χ2n) is 6.79. The Hall–Kier alpha value is -3.23.